The molecule has 0 saturated carbocycles. The maximum absolute atomic E-state index is 5.56. The van der Waals surface area contributed by atoms with E-state index in [0.717, 1.165) is 69.9 Å². The first-order valence-corrected chi connectivity index (χ1v) is 11.0. The molecule has 33 heavy (non-hydrogen) atoms. The normalized spacial score (nSPS) is 15.3. The molecule has 0 spiro atoms. The van der Waals surface area contributed by atoms with E-state index in [9.17, 15) is 0 Å². The number of benzene rings is 2. The van der Waals surface area contributed by atoms with Crippen LogP contribution in [0.1, 0.15) is 12.1 Å². The molecule has 0 saturated heterocycles. The van der Waals surface area contributed by atoms with Crippen molar-refractivity contribution in [1.29, 1.82) is 0 Å². The first-order valence-electron chi connectivity index (χ1n) is 11.0. The number of rotatable bonds is 3. The number of nitrogens with one attached hydrogen (secondary N) is 3. The Hall–Kier alpha value is -4.17. The van der Waals surface area contributed by atoms with Crippen LogP contribution in [-0.2, 0) is 0 Å². The van der Waals surface area contributed by atoms with Gasteiger partial charge in [0.05, 0.1) is 22.2 Å². The van der Waals surface area contributed by atoms with Gasteiger partial charge >= 0.3 is 0 Å². The molecule has 3 aromatic heterocycles. The molecule has 0 bridgehead atoms. The van der Waals surface area contributed by atoms with Gasteiger partial charge in [0.2, 0.25) is 6.79 Å². The molecular weight excluding hydrogens is 416 g/mol. The minimum atomic E-state index is 0.254. The molecule has 5 aromatic rings. The molecule has 5 heterocycles. The van der Waals surface area contributed by atoms with E-state index in [-0.39, 0.29) is 6.79 Å². The molecule has 8 nitrogen and oxygen atoms in total. The number of fused-ring (bicyclic) bond motifs is 3. The lowest BCUT2D eigenvalue weighted by atomic mass is 10.0. The van der Waals surface area contributed by atoms with Crippen LogP contribution in [0.25, 0.3) is 50.3 Å². The lowest BCUT2D eigenvalue weighted by Gasteiger charge is -2.13. The third kappa shape index (κ3) is 2.99. The topological polar surface area (TPSA) is 101 Å². The van der Waals surface area contributed by atoms with E-state index in [0.29, 0.717) is 11.5 Å². The van der Waals surface area contributed by atoms with Crippen molar-refractivity contribution < 1.29 is 9.47 Å². The van der Waals surface area contributed by atoms with Crippen molar-refractivity contribution in [3.63, 3.8) is 0 Å². The molecule has 7 rings (SSSR count). The highest BCUT2D eigenvalue weighted by molar-refractivity contribution is 5.96. The van der Waals surface area contributed by atoms with E-state index >= 15 is 0 Å². The molecule has 3 N–H and O–H groups in total. The number of aromatic nitrogens is 5. The Kier molecular flexibility index (Phi) is 4.00. The van der Waals surface area contributed by atoms with Crippen molar-refractivity contribution in [3.8, 4) is 34.1 Å². The van der Waals surface area contributed by atoms with Gasteiger partial charge in [-0.1, -0.05) is 24.3 Å². The number of aromatic amines is 2. The molecule has 8 heteroatoms. The maximum atomic E-state index is 5.56. The van der Waals surface area contributed by atoms with Gasteiger partial charge in [-0.3, -0.25) is 5.10 Å². The van der Waals surface area contributed by atoms with Gasteiger partial charge in [-0.25, -0.2) is 9.97 Å². The average molecular weight is 436 g/mol. The van der Waals surface area contributed by atoms with Crippen molar-refractivity contribution in [2.45, 2.75) is 6.42 Å². The SMILES string of the molecule is C1=C(c2ccc3[nH]nc(-c4nc5c(-c6ccc7c(c6)OCO7)cccc5[nH]4)c3n2)CCNC1. The highest BCUT2D eigenvalue weighted by Crippen LogP contribution is 2.38. The van der Waals surface area contributed by atoms with Gasteiger partial charge < -0.3 is 19.8 Å². The second kappa shape index (κ2) is 7.18. The number of hydrogen-bond donors (Lipinski definition) is 3. The summed E-state index contributed by atoms with van der Waals surface area (Å²) in [5, 5.41) is 11.0. The molecule has 0 unspecified atom stereocenters. The van der Waals surface area contributed by atoms with E-state index in [1.807, 2.05) is 36.4 Å². The smallest absolute Gasteiger partial charge is 0.231 e. The lowest BCUT2D eigenvalue weighted by Crippen LogP contribution is -2.20. The second-order valence-electron chi connectivity index (χ2n) is 8.20. The quantitative estimate of drug-likeness (QED) is 0.390. The van der Waals surface area contributed by atoms with Crippen LogP contribution in [0.5, 0.6) is 11.5 Å². The molecule has 2 aromatic carbocycles. The van der Waals surface area contributed by atoms with E-state index in [1.165, 1.54) is 5.57 Å². The number of pyridine rings is 1. The Balaban J connectivity index is 1.35. The summed E-state index contributed by atoms with van der Waals surface area (Å²) in [5.74, 6) is 2.21. The zero-order valence-corrected chi connectivity index (χ0v) is 17.7. The Bertz CT molecular complexity index is 1560. The van der Waals surface area contributed by atoms with Gasteiger partial charge in [0.25, 0.3) is 0 Å². The molecule has 0 radical (unpaired) electrons. The molecular formula is C25H20N6O2. The highest BCUT2D eigenvalue weighted by atomic mass is 16.7. The maximum Gasteiger partial charge on any atom is 0.231 e. The van der Waals surface area contributed by atoms with Crippen molar-refractivity contribution in [2.75, 3.05) is 19.9 Å². The Morgan fingerprint density at radius 3 is 2.79 bits per heavy atom. The molecule has 0 amide bonds. The molecule has 0 fully saturated rings. The number of imidazole rings is 1. The summed E-state index contributed by atoms with van der Waals surface area (Å²) in [6, 6.07) is 16.2. The number of para-hydroxylation sites is 1. The minimum Gasteiger partial charge on any atom is -0.454 e. The fourth-order valence-corrected chi connectivity index (χ4v) is 4.54. The fraction of sp³-hybridized carbons (Fsp3) is 0.160. The molecule has 0 aliphatic carbocycles. The van der Waals surface area contributed by atoms with Crippen LogP contribution in [0.2, 0.25) is 0 Å². The van der Waals surface area contributed by atoms with Crippen LogP contribution in [0.4, 0.5) is 0 Å². The second-order valence-corrected chi connectivity index (χ2v) is 8.20. The summed E-state index contributed by atoms with van der Waals surface area (Å²) in [4.78, 5) is 13.3. The first-order chi connectivity index (χ1) is 16.3. The third-order valence-corrected chi connectivity index (χ3v) is 6.22. The minimum absolute atomic E-state index is 0.254. The summed E-state index contributed by atoms with van der Waals surface area (Å²) >= 11 is 0. The van der Waals surface area contributed by atoms with Gasteiger partial charge in [-0.15, -0.1) is 0 Å². The average Bonchev–Trinajstić information content (AvgIpc) is 3.60. The number of hydrogen-bond acceptors (Lipinski definition) is 6. The lowest BCUT2D eigenvalue weighted by molar-refractivity contribution is 0.174. The summed E-state index contributed by atoms with van der Waals surface area (Å²) in [6.07, 6.45) is 3.17. The molecule has 2 aliphatic heterocycles. The Labute approximate surface area is 188 Å². The van der Waals surface area contributed by atoms with E-state index in [1.54, 1.807) is 0 Å². The predicted molar refractivity (Wildman–Crippen MR) is 126 cm³/mol. The standard InChI is InChI=1S/C25H20N6O2/c1-2-16(15-4-7-20-21(12-15)33-13-32-20)22-18(3-1)28-25(29-22)24-23-19(30-31-24)6-5-17(27-23)14-8-10-26-11-9-14/h1-8,12,26H,9-11,13H2,(H,28,29)(H,30,31). The van der Waals surface area contributed by atoms with Crippen molar-refractivity contribution >= 4 is 27.6 Å². The molecule has 2 aliphatic rings. The van der Waals surface area contributed by atoms with Crippen LogP contribution in [-0.4, -0.2) is 45.0 Å². The van der Waals surface area contributed by atoms with Crippen molar-refractivity contribution in [1.82, 2.24) is 30.5 Å². The van der Waals surface area contributed by atoms with Gasteiger partial charge in [0.1, 0.15) is 5.52 Å². The van der Waals surface area contributed by atoms with Crippen LogP contribution >= 0.6 is 0 Å². The van der Waals surface area contributed by atoms with Crippen molar-refractivity contribution in [3.05, 3.63) is 60.3 Å². The zero-order valence-electron chi connectivity index (χ0n) is 17.7. The van der Waals surface area contributed by atoms with Crippen LogP contribution in [0, 0.1) is 0 Å². The zero-order chi connectivity index (χ0) is 21.8. The summed E-state index contributed by atoms with van der Waals surface area (Å²) in [5.41, 5.74) is 8.52. The monoisotopic (exact) mass is 436 g/mol. The van der Waals surface area contributed by atoms with Crippen LogP contribution < -0.4 is 14.8 Å². The third-order valence-electron chi connectivity index (χ3n) is 6.22. The Morgan fingerprint density at radius 2 is 1.85 bits per heavy atom. The predicted octanol–water partition coefficient (Wildman–Crippen LogP) is 4.27. The summed E-state index contributed by atoms with van der Waals surface area (Å²) in [6.45, 7) is 2.10. The molecule has 162 valence electrons. The van der Waals surface area contributed by atoms with Gasteiger partial charge in [0, 0.05) is 12.1 Å². The fourth-order valence-electron chi connectivity index (χ4n) is 4.54. The highest BCUT2D eigenvalue weighted by Gasteiger charge is 2.19. The summed E-state index contributed by atoms with van der Waals surface area (Å²) < 4.78 is 11.0. The van der Waals surface area contributed by atoms with Gasteiger partial charge in [-0.05, 0) is 54.4 Å². The van der Waals surface area contributed by atoms with E-state index in [2.05, 4.69) is 38.7 Å². The van der Waals surface area contributed by atoms with E-state index < -0.39 is 0 Å². The van der Waals surface area contributed by atoms with Crippen LogP contribution in [0.3, 0.4) is 0 Å². The number of ether oxygens (including phenoxy) is 2. The first kappa shape index (κ1) is 18.4. The van der Waals surface area contributed by atoms with E-state index in [4.69, 9.17) is 19.4 Å². The van der Waals surface area contributed by atoms with Gasteiger partial charge in [-0.2, -0.15) is 5.10 Å². The Morgan fingerprint density at radius 1 is 0.879 bits per heavy atom. The van der Waals surface area contributed by atoms with Crippen molar-refractivity contribution in [2.24, 2.45) is 0 Å². The number of nitrogens with zero attached hydrogens (tertiary/aromatic N) is 3. The largest absolute Gasteiger partial charge is 0.454 e. The van der Waals surface area contributed by atoms with Gasteiger partial charge in [0.15, 0.2) is 23.0 Å². The number of H-pyrrole nitrogens is 2. The summed E-state index contributed by atoms with van der Waals surface area (Å²) in [7, 11) is 0. The van der Waals surface area contributed by atoms with Crippen LogP contribution in [0.15, 0.2) is 54.6 Å². The molecule has 0 atom stereocenters.